The van der Waals surface area contributed by atoms with Gasteiger partial charge in [0.25, 0.3) is 11.6 Å². The summed E-state index contributed by atoms with van der Waals surface area (Å²) in [4.78, 5) is 22.6. The topological polar surface area (TPSA) is 84.3 Å². The van der Waals surface area contributed by atoms with Crippen molar-refractivity contribution < 1.29 is 9.72 Å². The Bertz CT molecular complexity index is 472. The van der Waals surface area contributed by atoms with Gasteiger partial charge in [-0.2, -0.15) is 0 Å². The predicted octanol–water partition coefficient (Wildman–Crippen LogP) is 2.55. The molecule has 0 unspecified atom stereocenters. The fourth-order valence-electron chi connectivity index (χ4n) is 1.66. The lowest BCUT2D eigenvalue weighted by Crippen LogP contribution is -2.30. The monoisotopic (exact) mass is 265 g/mol. The molecule has 0 radical (unpaired) electrons. The number of nitro benzene ring substituents is 1. The lowest BCUT2D eigenvalue weighted by atomic mass is 10.1. The minimum Gasteiger partial charge on any atom is -0.379 e. The summed E-state index contributed by atoms with van der Waals surface area (Å²) in [5, 5.41) is 16.7. The number of carbonyl (C=O) groups excluding carboxylic acids is 1. The summed E-state index contributed by atoms with van der Waals surface area (Å²) in [6, 6.07) is 4.47. The SMILES string of the molecule is CCCNc1c(C(=O)NC(C)C)cccc1[N+](=O)[O-]. The number of benzene rings is 1. The van der Waals surface area contributed by atoms with Crippen molar-refractivity contribution in [1.29, 1.82) is 0 Å². The first-order chi connectivity index (χ1) is 8.97. The number of nitro groups is 1. The van der Waals surface area contributed by atoms with E-state index in [1.165, 1.54) is 12.1 Å². The van der Waals surface area contributed by atoms with Crippen molar-refractivity contribution in [3.05, 3.63) is 33.9 Å². The van der Waals surface area contributed by atoms with Gasteiger partial charge in [0, 0.05) is 18.7 Å². The summed E-state index contributed by atoms with van der Waals surface area (Å²) in [6.07, 6.45) is 0.817. The molecular formula is C13H19N3O3. The fraction of sp³-hybridized carbons (Fsp3) is 0.462. The molecule has 1 aromatic carbocycles. The molecule has 0 heterocycles. The highest BCUT2D eigenvalue weighted by Crippen LogP contribution is 2.28. The standard InChI is InChI=1S/C13H19N3O3/c1-4-8-14-12-10(13(17)15-9(2)3)6-5-7-11(12)16(18)19/h5-7,9,14H,4,8H2,1-3H3,(H,15,17). The van der Waals surface area contributed by atoms with Gasteiger partial charge >= 0.3 is 0 Å². The van der Waals surface area contributed by atoms with Crippen molar-refractivity contribution >= 4 is 17.3 Å². The van der Waals surface area contributed by atoms with Crippen LogP contribution in [-0.2, 0) is 0 Å². The molecule has 0 atom stereocenters. The lowest BCUT2D eigenvalue weighted by Gasteiger charge is -2.13. The van der Waals surface area contributed by atoms with E-state index < -0.39 is 4.92 Å². The van der Waals surface area contributed by atoms with E-state index in [-0.39, 0.29) is 23.3 Å². The predicted molar refractivity (Wildman–Crippen MR) is 74.5 cm³/mol. The summed E-state index contributed by atoms with van der Waals surface area (Å²) in [5.41, 5.74) is 0.508. The molecule has 0 spiro atoms. The molecule has 0 aliphatic heterocycles. The van der Waals surface area contributed by atoms with Crippen LogP contribution < -0.4 is 10.6 Å². The molecule has 19 heavy (non-hydrogen) atoms. The van der Waals surface area contributed by atoms with Crippen molar-refractivity contribution in [2.75, 3.05) is 11.9 Å². The molecule has 1 amide bonds. The Balaban J connectivity index is 3.18. The number of carbonyl (C=O) groups is 1. The molecule has 6 heteroatoms. The second-order valence-corrected chi connectivity index (χ2v) is 4.51. The number of nitrogens with one attached hydrogen (secondary N) is 2. The number of hydrogen-bond acceptors (Lipinski definition) is 4. The first kappa shape index (κ1) is 14.9. The number of nitrogens with zero attached hydrogens (tertiary/aromatic N) is 1. The Kier molecular flexibility index (Phi) is 5.29. The minimum atomic E-state index is -0.482. The average Bonchev–Trinajstić information content (AvgIpc) is 2.34. The van der Waals surface area contributed by atoms with Gasteiger partial charge in [-0.1, -0.05) is 13.0 Å². The van der Waals surface area contributed by atoms with E-state index in [0.29, 0.717) is 12.1 Å². The van der Waals surface area contributed by atoms with E-state index in [1.54, 1.807) is 6.07 Å². The number of hydrogen-bond donors (Lipinski definition) is 2. The largest absolute Gasteiger partial charge is 0.379 e. The molecule has 0 aliphatic rings. The van der Waals surface area contributed by atoms with Crippen molar-refractivity contribution in [2.45, 2.75) is 33.2 Å². The Morgan fingerprint density at radius 3 is 2.63 bits per heavy atom. The number of anilines is 1. The Morgan fingerprint density at radius 2 is 2.11 bits per heavy atom. The molecule has 0 saturated carbocycles. The number of para-hydroxylation sites is 1. The van der Waals surface area contributed by atoms with Crippen LogP contribution in [0.25, 0.3) is 0 Å². The molecular weight excluding hydrogens is 246 g/mol. The van der Waals surface area contributed by atoms with Crippen LogP contribution in [0.15, 0.2) is 18.2 Å². The molecule has 0 fully saturated rings. The first-order valence-corrected chi connectivity index (χ1v) is 6.29. The van der Waals surface area contributed by atoms with Gasteiger partial charge in [0.15, 0.2) is 0 Å². The lowest BCUT2D eigenvalue weighted by molar-refractivity contribution is -0.384. The molecule has 0 bridgehead atoms. The van der Waals surface area contributed by atoms with Gasteiger partial charge in [-0.15, -0.1) is 0 Å². The molecule has 1 aromatic rings. The first-order valence-electron chi connectivity index (χ1n) is 6.29. The third-order valence-corrected chi connectivity index (χ3v) is 2.46. The van der Waals surface area contributed by atoms with Crippen LogP contribution >= 0.6 is 0 Å². The zero-order valence-electron chi connectivity index (χ0n) is 11.4. The highest BCUT2D eigenvalue weighted by Gasteiger charge is 2.21. The highest BCUT2D eigenvalue weighted by atomic mass is 16.6. The molecule has 0 saturated heterocycles. The number of rotatable bonds is 6. The van der Waals surface area contributed by atoms with E-state index in [4.69, 9.17) is 0 Å². The molecule has 6 nitrogen and oxygen atoms in total. The fourth-order valence-corrected chi connectivity index (χ4v) is 1.66. The maximum absolute atomic E-state index is 12.0. The Hall–Kier alpha value is -2.11. The molecule has 1 rings (SSSR count). The number of amides is 1. The summed E-state index contributed by atoms with van der Waals surface area (Å²) < 4.78 is 0. The van der Waals surface area contributed by atoms with E-state index in [2.05, 4.69) is 10.6 Å². The summed E-state index contributed by atoms with van der Waals surface area (Å²) in [5.74, 6) is -0.308. The van der Waals surface area contributed by atoms with Gasteiger partial charge in [0.2, 0.25) is 0 Å². The maximum atomic E-state index is 12.0. The summed E-state index contributed by atoms with van der Waals surface area (Å²) in [6.45, 7) is 6.21. The van der Waals surface area contributed by atoms with Crippen molar-refractivity contribution in [1.82, 2.24) is 5.32 Å². The quantitative estimate of drug-likeness (QED) is 0.611. The second-order valence-electron chi connectivity index (χ2n) is 4.51. The normalized spacial score (nSPS) is 10.3. The molecule has 104 valence electrons. The molecule has 0 aromatic heterocycles. The van der Waals surface area contributed by atoms with Crippen LogP contribution in [-0.4, -0.2) is 23.4 Å². The summed E-state index contributed by atoms with van der Waals surface area (Å²) >= 11 is 0. The van der Waals surface area contributed by atoms with Crippen LogP contribution in [0.5, 0.6) is 0 Å². The van der Waals surface area contributed by atoms with Crippen LogP contribution in [0.2, 0.25) is 0 Å². The minimum absolute atomic E-state index is 0.0224. The third-order valence-electron chi connectivity index (χ3n) is 2.46. The van der Waals surface area contributed by atoms with Crippen molar-refractivity contribution in [3.8, 4) is 0 Å². The Labute approximate surface area is 112 Å². The third kappa shape index (κ3) is 3.94. The summed E-state index contributed by atoms with van der Waals surface area (Å²) in [7, 11) is 0. The van der Waals surface area contributed by atoms with Crippen molar-refractivity contribution in [3.63, 3.8) is 0 Å². The molecule has 0 aliphatic carbocycles. The van der Waals surface area contributed by atoms with Gasteiger partial charge in [-0.05, 0) is 26.3 Å². The second kappa shape index (κ2) is 6.72. The zero-order valence-corrected chi connectivity index (χ0v) is 11.4. The van der Waals surface area contributed by atoms with Gasteiger partial charge in [-0.3, -0.25) is 14.9 Å². The zero-order chi connectivity index (χ0) is 14.4. The smallest absolute Gasteiger partial charge is 0.293 e. The van der Waals surface area contributed by atoms with Gasteiger partial charge in [0.1, 0.15) is 5.69 Å². The van der Waals surface area contributed by atoms with Gasteiger partial charge < -0.3 is 10.6 Å². The van der Waals surface area contributed by atoms with E-state index in [9.17, 15) is 14.9 Å². The molecule has 2 N–H and O–H groups in total. The Morgan fingerprint density at radius 1 is 1.42 bits per heavy atom. The highest BCUT2D eigenvalue weighted by molar-refractivity contribution is 6.01. The van der Waals surface area contributed by atoms with Crippen LogP contribution in [0.3, 0.4) is 0 Å². The van der Waals surface area contributed by atoms with Crippen LogP contribution in [0.4, 0.5) is 11.4 Å². The van der Waals surface area contributed by atoms with Crippen LogP contribution in [0.1, 0.15) is 37.6 Å². The van der Waals surface area contributed by atoms with E-state index >= 15 is 0 Å². The average molecular weight is 265 g/mol. The van der Waals surface area contributed by atoms with Gasteiger partial charge in [0.05, 0.1) is 10.5 Å². The maximum Gasteiger partial charge on any atom is 0.293 e. The van der Waals surface area contributed by atoms with Crippen LogP contribution in [0, 0.1) is 10.1 Å². The van der Waals surface area contributed by atoms with Gasteiger partial charge in [-0.25, -0.2) is 0 Å². The van der Waals surface area contributed by atoms with E-state index in [1.807, 2.05) is 20.8 Å². The van der Waals surface area contributed by atoms with Crippen molar-refractivity contribution in [2.24, 2.45) is 0 Å². The van der Waals surface area contributed by atoms with E-state index in [0.717, 1.165) is 6.42 Å².